The zero-order valence-corrected chi connectivity index (χ0v) is 18.4. The van der Waals surface area contributed by atoms with E-state index in [1.807, 2.05) is 13.0 Å². The van der Waals surface area contributed by atoms with Gasteiger partial charge in [-0.3, -0.25) is 13.8 Å². The highest BCUT2D eigenvalue weighted by atomic mass is 32.2. The predicted octanol–water partition coefficient (Wildman–Crippen LogP) is 1.54. The summed E-state index contributed by atoms with van der Waals surface area (Å²) in [5.74, 6) is -0.652. The van der Waals surface area contributed by atoms with E-state index in [0.717, 1.165) is 24.7 Å². The number of ketones is 2. The predicted molar refractivity (Wildman–Crippen MR) is 109 cm³/mol. The van der Waals surface area contributed by atoms with Crippen molar-refractivity contribution in [2.45, 2.75) is 57.7 Å². The molecule has 4 aliphatic carbocycles. The Bertz CT molecular complexity index is 951. The van der Waals surface area contributed by atoms with Crippen molar-refractivity contribution in [2.24, 2.45) is 28.6 Å². The summed E-state index contributed by atoms with van der Waals surface area (Å²) in [6.45, 7) is 3.21. The van der Waals surface area contributed by atoms with Crippen LogP contribution in [0.3, 0.4) is 0 Å². The fourth-order valence-electron chi connectivity index (χ4n) is 7.07. The van der Waals surface area contributed by atoms with Gasteiger partial charge in [0, 0.05) is 16.7 Å². The van der Waals surface area contributed by atoms with Crippen LogP contribution in [0.1, 0.15) is 46.0 Å². The number of carbonyl (C=O) groups is 2. The van der Waals surface area contributed by atoms with Gasteiger partial charge >= 0.3 is 0 Å². The minimum Gasteiger partial charge on any atom is -0.393 e. The third-order valence-electron chi connectivity index (χ3n) is 8.51. The molecule has 0 amide bonds. The first kappa shape index (κ1) is 21.9. The van der Waals surface area contributed by atoms with Gasteiger partial charge in [0.2, 0.25) is 0 Å². The standard InChI is InChI=1S/C22H30O7S/c1-20-8-6-14(23)10-13(20)4-5-15-16-7-9-22(26,18(25)12-29-30(3,27)28)21(16,2)11-17(24)19(15)20/h6,8,10,15-17,19,24,26H,4-5,7,9,11-12H2,1-3H3/t15-,16-,17?,19+,20-,21-,22-/m0/s1. The number of fused-ring (bicyclic) bond motifs is 5. The van der Waals surface area contributed by atoms with Gasteiger partial charge in [0.1, 0.15) is 12.2 Å². The second-order valence-corrected chi connectivity index (χ2v) is 11.6. The van der Waals surface area contributed by atoms with E-state index in [1.54, 1.807) is 12.2 Å². The van der Waals surface area contributed by atoms with Gasteiger partial charge < -0.3 is 10.2 Å². The van der Waals surface area contributed by atoms with Crippen LogP contribution in [-0.4, -0.2) is 54.8 Å². The van der Waals surface area contributed by atoms with Crippen molar-refractivity contribution < 1.29 is 32.4 Å². The third kappa shape index (κ3) is 3.06. The van der Waals surface area contributed by atoms with Crippen LogP contribution in [0.25, 0.3) is 0 Å². The number of hydrogen-bond donors (Lipinski definition) is 2. The lowest BCUT2D eigenvalue weighted by atomic mass is 9.46. The Kier molecular flexibility index (Phi) is 4.97. The van der Waals surface area contributed by atoms with Gasteiger partial charge in [-0.05, 0) is 56.1 Å². The topological polar surface area (TPSA) is 118 Å². The second kappa shape index (κ2) is 6.82. The second-order valence-electron chi connectivity index (χ2n) is 10.0. The van der Waals surface area contributed by atoms with Crippen molar-refractivity contribution in [1.82, 2.24) is 0 Å². The Labute approximate surface area is 177 Å². The maximum atomic E-state index is 12.9. The van der Waals surface area contributed by atoms with E-state index in [2.05, 4.69) is 11.1 Å². The highest BCUT2D eigenvalue weighted by Gasteiger charge is 2.68. The Morgan fingerprint density at radius 2 is 2.00 bits per heavy atom. The number of aliphatic hydroxyl groups is 2. The van der Waals surface area contributed by atoms with Gasteiger partial charge in [-0.1, -0.05) is 25.5 Å². The van der Waals surface area contributed by atoms with Crippen molar-refractivity contribution >= 4 is 21.7 Å². The van der Waals surface area contributed by atoms with Crippen LogP contribution in [0.15, 0.2) is 23.8 Å². The van der Waals surface area contributed by atoms with Gasteiger partial charge in [-0.15, -0.1) is 0 Å². The molecule has 30 heavy (non-hydrogen) atoms. The number of rotatable bonds is 4. The minimum atomic E-state index is -3.80. The largest absolute Gasteiger partial charge is 0.393 e. The minimum absolute atomic E-state index is 0.0162. The van der Waals surface area contributed by atoms with Crippen LogP contribution in [0, 0.1) is 28.6 Å². The molecule has 166 valence electrons. The molecule has 0 aromatic heterocycles. The number of hydrogen-bond acceptors (Lipinski definition) is 7. The smallest absolute Gasteiger partial charge is 0.264 e. The lowest BCUT2D eigenvalue weighted by Gasteiger charge is -2.59. The summed E-state index contributed by atoms with van der Waals surface area (Å²) in [6, 6.07) is 0. The zero-order valence-electron chi connectivity index (χ0n) is 17.6. The van der Waals surface area contributed by atoms with Crippen molar-refractivity contribution in [3.8, 4) is 0 Å². The van der Waals surface area contributed by atoms with E-state index in [0.29, 0.717) is 6.42 Å². The molecule has 3 saturated carbocycles. The Hall–Kier alpha value is -1.35. The van der Waals surface area contributed by atoms with Crippen LogP contribution in [0.5, 0.6) is 0 Å². The summed E-state index contributed by atoms with van der Waals surface area (Å²) in [6.07, 6.45) is 7.92. The van der Waals surface area contributed by atoms with Crippen LogP contribution < -0.4 is 0 Å². The molecule has 0 aromatic carbocycles. The molecule has 1 unspecified atom stereocenters. The third-order valence-corrected chi connectivity index (χ3v) is 9.06. The molecular formula is C22H30O7S. The first-order valence-corrected chi connectivity index (χ1v) is 12.4. The summed E-state index contributed by atoms with van der Waals surface area (Å²) >= 11 is 0. The van der Waals surface area contributed by atoms with Crippen LogP contribution in [0.2, 0.25) is 0 Å². The summed E-state index contributed by atoms with van der Waals surface area (Å²) in [5.41, 5.74) is -1.97. The van der Waals surface area contributed by atoms with E-state index >= 15 is 0 Å². The van der Waals surface area contributed by atoms with Crippen LogP contribution in [0.4, 0.5) is 0 Å². The number of Topliss-reactive ketones (excluding diaryl/α,β-unsaturated/α-hetero) is 1. The molecule has 2 N–H and O–H groups in total. The molecule has 8 heteroatoms. The molecular weight excluding hydrogens is 408 g/mol. The number of carbonyl (C=O) groups excluding carboxylic acids is 2. The fourth-order valence-corrected chi connectivity index (χ4v) is 7.39. The Balaban J connectivity index is 1.66. The van der Waals surface area contributed by atoms with Gasteiger partial charge in [0.25, 0.3) is 10.1 Å². The van der Waals surface area contributed by atoms with E-state index in [9.17, 15) is 28.2 Å². The van der Waals surface area contributed by atoms with E-state index in [4.69, 9.17) is 0 Å². The zero-order chi connectivity index (χ0) is 22.1. The van der Waals surface area contributed by atoms with Crippen molar-refractivity contribution in [1.29, 1.82) is 0 Å². The van der Waals surface area contributed by atoms with Crippen LogP contribution in [-0.2, 0) is 23.9 Å². The molecule has 4 rings (SSSR count). The van der Waals surface area contributed by atoms with Gasteiger partial charge in [-0.25, -0.2) is 0 Å². The first-order chi connectivity index (χ1) is 13.8. The van der Waals surface area contributed by atoms with E-state index < -0.39 is 45.0 Å². The average molecular weight is 439 g/mol. The Morgan fingerprint density at radius 1 is 1.30 bits per heavy atom. The van der Waals surface area contributed by atoms with Crippen molar-refractivity contribution in [2.75, 3.05) is 12.9 Å². The highest BCUT2D eigenvalue weighted by molar-refractivity contribution is 7.86. The Morgan fingerprint density at radius 3 is 2.67 bits per heavy atom. The molecule has 0 aromatic rings. The number of aliphatic hydroxyl groups excluding tert-OH is 1. The molecule has 7 atom stereocenters. The molecule has 4 aliphatic rings. The average Bonchev–Trinajstić information content (AvgIpc) is 2.91. The molecule has 0 bridgehead atoms. The molecule has 0 aliphatic heterocycles. The number of allylic oxidation sites excluding steroid dienone is 4. The maximum absolute atomic E-state index is 12.9. The molecule has 0 heterocycles. The van der Waals surface area contributed by atoms with E-state index in [-0.39, 0.29) is 36.4 Å². The summed E-state index contributed by atoms with van der Waals surface area (Å²) in [5, 5.41) is 22.7. The SMILES string of the molecule is C[C@]12C=CC(=O)C=C1CC[C@@H]1[C@@H]2C(O)C[C@@]2(C)[C@H]1CC[C@]2(O)C(=O)COS(C)(=O)=O. The summed E-state index contributed by atoms with van der Waals surface area (Å²) < 4.78 is 27.3. The van der Waals surface area contributed by atoms with Gasteiger partial charge in [0.05, 0.1) is 12.4 Å². The molecule has 0 saturated heterocycles. The van der Waals surface area contributed by atoms with Gasteiger partial charge in [-0.2, -0.15) is 8.42 Å². The molecule has 7 nitrogen and oxygen atoms in total. The van der Waals surface area contributed by atoms with Crippen LogP contribution >= 0.6 is 0 Å². The lowest BCUT2D eigenvalue weighted by Crippen LogP contribution is -2.61. The van der Waals surface area contributed by atoms with Crippen molar-refractivity contribution in [3.63, 3.8) is 0 Å². The van der Waals surface area contributed by atoms with E-state index in [1.165, 1.54) is 0 Å². The lowest BCUT2D eigenvalue weighted by molar-refractivity contribution is -0.177. The first-order valence-electron chi connectivity index (χ1n) is 10.5. The molecule has 0 radical (unpaired) electrons. The quantitative estimate of drug-likeness (QED) is 0.639. The van der Waals surface area contributed by atoms with Crippen molar-refractivity contribution in [3.05, 3.63) is 23.8 Å². The molecule has 0 spiro atoms. The summed E-state index contributed by atoms with van der Waals surface area (Å²) in [7, 11) is -3.80. The molecule has 3 fully saturated rings. The normalized spacial score (nSPS) is 45.4. The summed E-state index contributed by atoms with van der Waals surface area (Å²) in [4.78, 5) is 24.8. The fraction of sp³-hybridized carbons (Fsp3) is 0.727. The maximum Gasteiger partial charge on any atom is 0.264 e. The monoisotopic (exact) mass is 438 g/mol. The van der Waals surface area contributed by atoms with Gasteiger partial charge in [0.15, 0.2) is 11.6 Å². The highest BCUT2D eigenvalue weighted by Crippen LogP contribution is 2.67.